The molecule has 0 aliphatic carbocycles. The highest BCUT2D eigenvalue weighted by Gasteiger charge is 2.19. The molecule has 0 spiro atoms. The molecule has 2 aromatic carbocycles. The van der Waals surface area contributed by atoms with Gasteiger partial charge in [0.15, 0.2) is 0 Å². The summed E-state index contributed by atoms with van der Waals surface area (Å²) in [4.78, 5) is 28.5. The molecule has 0 radical (unpaired) electrons. The topological polar surface area (TPSA) is 109 Å². The number of amides is 1. The second-order valence-corrected chi connectivity index (χ2v) is 10.2. The zero-order chi connectivity index (χ0) is 29.6. The van der Waals surface area contributed by atoms with E-state index in [0.717, 1.165) is 0 Å². The highest BCUT2D eigenvalue weighted by Crippen LogP contribution is 2.35. The molecule has 0 unspecified atom stereocenters. The predicted octanol–water partition coefficient (Wildman–Crippen LogP) is 6.35. The summed E-state index contributed by atoms with van der Waals surface area (Å²) in [6.07, 6.45) is 2.47. The van der Waals surface area contributed by atoms with Crippen LogP contribution in [-0.2, 0) is 33.8 Å². The van der Waals surface area contributed by atoms with E-state index < -0.39 is 23.5 Å². The van der Waals surface area contributed by atoms with Crippen LogP contribution in [0.5, 0.6) is 11.5 Å². The van der Waals surface area contributed by atoms with Gasteiger partial charge in [-0.05, 0) is 63.6 Å². The van der Waals surface area contributed by atoms with Gasteiger partial charge in [-0.15, -0.1) is 0 Å². The maximum Gasteiger partial charge on any atom is 0.407 e. The number of nitrogens with one attached hydrogen (secondary N) is 1. The zero-order valence-corrected chi connectivity index (χ0v) is 23.7. The number of halogens is 1. The molecule has 41 heavy (non-hydrogen) atoms. The lowest BCUT2D eigenvalue weighted by Gasteiger charge is -2.19. The Labute approximate surface area is 237 Å². The number of benzene rings is 2. The minimum absolute atomic E-state index is 0.00120. The number of carbonyl (C=O) groups excluding carboxylic acids is 2. The van der Waals surface area contributed by atoms with E-state index in [1.165, 1.54) is 13.4 Å². The molecule has 0 aliphatic heterocycles. The lowest BCUT2D eigenvalue weighted by Crippen LogP contribution is -2.32. The van der Waals surface area contributed by atoms with Crippen LogP contribution in [0.2, 0.25) is 0 Å². The Balaban J connectivity index is 1.61. The Kier molecular flexibility index (Phi) is 9.11. The van der Waals surface area contributed by atoms with Crippen molar-refractivity contribution in [2.24, 2.45) is 0 Å². The summed E-state index contributed by atoms with van der Waals surface area (Å²) in [5.41, 5.74) is 2.54. The van der Waals surface area contributed by atoms with Crippen molar-refractivity contribution in [3.05, 3.63) is 77.6 Å². The number of esters is 1. The van der Waals surface area contributed by atoms with Crippen LogP contribution in [0.4, 0.5) is 9.18 Å². The number of alkyl carbamates (subject to hydrolysis) is 1. The molecule has 0 fully saturated rings. The van der Waals surface area contributed by atoms with Gasteiger partial charge in [0.2, 0.25) is 0 Å². The molecule has 2 aromatic heterocycles. The third kappa shape index (κ3) is 7.53. The van der Waals surface area contributed by atoms with Crippen molar-refractivity contribution in [3.8, 4) is 22.6 Å². The van der Waals surface area contributed by atoms with Gasteiger partial charge in [-0.2, -0.15) is 0 Å². The Bertz CT molecular complexity index is 1540. The van der Waals surface area contributed by atoms with Crippen LogP contribution in [0.15, 0.2) is 59.3 Å². The van der Waals surface area contributed by atoms with Crippen LogP contribution in [0, 0.1) is 5.82 Å². The maximum atomic E-state index is 15.6. The molecule has 4 rings (SSSR count). The number of fused-ring (bicyclic) bond motifs is 1. The highest BCUT2D eigenvalue weighted by molar-refractivity contribution is 5.93. The fourth-order valence-electron chi connectivity index (χ4n) is 4.17. The first-order chi connectivity index (χ1) is 19.6. The van der Waals surface area contributed by atoms with Gasteiger partial charge in [0.1, 0.15) is 35.1 Å². The lowest BCUT2D eigenvalue weighted by molar-refractivity contribution is -0.142. The van der Waals surface area contributed by atoms with Gasteiger partial charge in [0.25, 0.3) is 0 Å². The summed E-state index contributed by atoms with van der Waals surface area (Å²) in [6.45, 7) is 7.36. The average Bonchev–Trinajstić information content (AvgIpc) is 3.42. The van der Waals surface area contributed by atoms with Crippen LogP contribution in [0.25, 0.3) is 22.1 Å². The molecular formula is C31H33FN2O7. The summed E-state index contributed by atoms with van der Waals surface area (Å²) in [5.74, 6) is 0.0343. The van der Waals surface area contributed by atoms with E-state index >= 15 is 4.39 Å². The fraction of sp³-hybridized carbons (Fsp3) is 0.323. The van der Waals surface area contributed by atoms with E-state index in [1.807, 2.05) is 0 Å². The van der Waals surface area contributed by atoms with E-state index in [0.29, 0.717) is 44.9 Å². The van der Waals surface area contributed by atoms with Crippen molar-refractivity contribution in [3.63, 3.8) is 0 Å². The zero-order valence-electron chi connectivity index (χ0n) is 23.7. The molecule has 9 nitrogen and oxygen atoms in total. The molecule has 0 atom stereocenters. The van der Waals surface area contributed by atoms with Crippen molar-refractivity contribution in [2.45, 2.75) is 52.9 Å². The highest BCUT2D eigenvalue weighted by atomic mass is 19.1. The first-order valence-corrected chi connectivity index (χ1v) is 13.1. The summed E-state index contributed by atoms with van der Waals surface area (Å²) >= 11 is 0. The van der Waals surface area contributed by atoms with Gasteiger partial charge < -0.3 is 28.7 Å². The van der Waals surface area contributed by atoms with Crippen LogP contribution in [0.3, 0.4) is 0 Å². The van der Waals surface area contributed by atoms with E-state index in [-0.39, 0.29) is 31.7 Å². The number of hydrogen-bond acceptors (Lipinski definition) is 8. The monoisotopic (exact) mass is 564 g/mol. The minimum atomic E-state index is -0.624. The van der Waals surface area contributed by atoms with Crippen LogP contribution < -0.4 is 14.8 Å². The summed E-state index contributed by atoms with van der Waals surface area (Å²) < 4.78 is 42.9. The van der Waals surface area contributed by atoms with Crippen molar-refractivity contribution < 1.29 is 37.3 Å². The number of hydrogen-bond donors (Lipinski definition) is 1. The van der Waals surface area contributed by atoms with Gasteiger partial charge in [-0.25, -0.2) is 9.18 Å². The largest absolute Gasteiger partial charge is 0.497 e. The van der Waals surface area contributed by atoms with Crippen molar-refractivity contribution in [1.82, 2.24) is 10.3 Å². The molecule has 0 saturated carbocycles. The number of ether oxygens (including phenoxy) is 4. The number of pyridine rings is 1. The molecule has 2 heterocycles. The van der Waals surface area contributed by atoms with E-state index in [2.05, 4.69) is 10.3 Å². The SMILES string of the molecule is CCOC(=O)Cc1ccc(OC)cc1OCc1cc(-c2ccnc(CNC(=O)OC(C)(C)C)c2)c2occc2c1F. The molecular weight excluding hydrogens is 531 g/mol. The molecule has 1 N–H and O–H groups in total. The molecule has 0 saturated heterocycles. The van der Waals surface area contributed by atoms with Crippen LogP contribution >= 0.6 is 0 Å². The summed E-state index contributed by atoms with van der Waals surface area (Å²) in [6, 6.07) is 11.9. The Morgan fingerprint density at radius 1 is 1.07 bits per heavy atom. The third-order valence-electron chi connectivity index (χ3n) is 5.98. The second-order valence-electron chi connectivity index (χ2n) is 10.2. The standard InChI is InChI=1S/C31H33FN2O7/c1-6-38-27(35)15-20-7-8-23(37-5)16-26(20)40-18-21-14-25(29-24(28(21)32)10-12-39-29)19-9-11-33-22(13-19)17-34-30(36)41-31(2,3)4/h7-14,16H,6,15,17-18H2,1-5H3,(H,34,36). The van der Waals surface area contributed by atoms with E-state index in [1.54, 1.807) is 76.4 Å². The van der Waals surface area contributed by atoms with Gasteiger partial charge in [0.05, 0.1) is 44.0 Å². The molecule has 0 aliphatic rings. The number of aromatic nitrogens is 1. The number of nitrogens with zero attached hydrogens (tertiary/aromatic N) is 1. The smallest absolute Gasteiger partial charge is 0.407 e. The fourth-order valence-corrected chi connectivity index (χ4v) is 4.17. The molecule has 4 aromatic rings. The first kappa shape index (κ1) is 29.4. The first-order valence-electron chi connectivity index (χ1n) is 13.1. The maximum absolute atomic E-state index is 15.6. The lowest BCUT2D eigenvalue weighted by atomic mass is 10.00. The van der Waals surface area contributed by atoms with Crippen LogP contribution in [-0.4, -0.2) is 36.4 Å². The molecule has 216 valence electrons. The Morgan fingerprint density at radius 3 is 2.61 bits per heavy atom. The van der Waals surface area contributed by atoms with Gasteiger partial charge in [-0.1, -0.05) is 6.07 Å². The normalized spacial score (nSPS) is 11.3. The molecule has 1 amide bonds. The Morgan fingerprint density at radius 2 is 1.88 bits per heavy atom. The molecule has 0 bridgehead atoms. The van der Waals surface area contributed by atoms with Gasteiger partial charge in [0, 0.05) is 29.0 Å². The van der Waals surface area contributed by atoms with E-state index in [4.69, 9.17) is 23.4 Å². The van der Waals surface area contributed by atoms with E-state index in [9.17, 15) is 9.59 Å². The van der Waals surface area contributed by atoms with Crippen molar-refractivity contribution in [2.75, 3.05) is 13.7 Å². The summed E-state index contributed by atoms with van der Waals surface area (Å²) in [5, 5.41) is 2.99. The quantitative estimate of drug-likeness (QED) is 0.222. The predicted molar refractivity (Wildman–Crippen MR) is 150 cm³/mol. The van der Waals surface area contributed by atoms with Gasteiger partial charge in [-0.3, -0.25) is 9.78 Å². The average molecular weight is 565 g/mol. The molecule has 10 heteroatoms. The van der Waals surface area contributed by atoms with Gasteiger partial charge >= 0.3 is 12.1 Å². The summed E-state index contributed by atoms with van der Waals surface area (Å²) in [7, 11) is 1.52. The van der Waals surface area contributed by atoms with Crippen LogP contribution in [0.1, 0.15) is 44.5 Å². The Hall–Kier alpha value is -4.60. The number of carbonyl (C=O) groups is 2. The number of furan rings is 1. The number of rotatable bonds is 10. The second kappa shape index (κ2) is 12.7. The minimum Gasteiger partial charge on any atom is -0.497 e. The van der Waals surface area contributed by atoms with Crippen molar-refractivity contribution >= 4 is 23.0 Å². The third-order valence-corrected chi connectivity index (χ3v) is 5.98. The number of methoxy groups -OCH3 is 1. The van der Waals surface area contributed by atoms with Crippen molar-refractivity contribution in [1.29, 1.82) is 0 Å².